The molecule has 2 radical (unpaired) electrons. The third-order valence-electron chi connectivity index (χ3n) is 3.43. The van der Waals surface area contributed by atoms with Crippen LogP contribution in [0.1, 0.15) is 12.7 Å². The molecule has 0 N–H and O–H groups in total. The van der Waals surface area contributed by atoms with Gasteiger partial charge in [0.1, 0.15) is 5.75 Å². The zero-order valence-corrected chi connectivity index (χ0v) is 15.2. The van der Waals surface area contributed by atoms with Crippen molar-refractivity contribution in [2.75, 3.05) is 0 Å². The van der Waals surface area contributed by atoms with Crippen molar-refractivity contribution < 1.29 is 13.5 Å². The van der Waals surface area contributed by atoms with Gasteiger partial charge < -0.3 is 9.14 Å². The van der Waals surface area contributed by atoms with Crippen LogP contribution >= 0.6 is 18.5 Å². The summed E-state index contributed by atoms with van der Waals surface area (Å²) < 4.78 is 34.1. The van der Waals surface area contributed by atoms with Crippen molar-refractivity contribution in [2.45, 2.75) is 17.8 Å². The van der Waals surface area contributed by atoms with Gasteiger partial charge in [0, 0.05) is 6.20 Å². The number of rotatable bonds is 4. The first-order valence-electron chi connectivity index (χ1n) is 7.15. The molecule has 0 saturated carbocycles. The van der Waals surface area contributed by atoms with Crippen LogP contribution in [-0.4, -0.2) is 22.7 Å². The molecule has 8 heteroatoms. The highest BCUT2D eigenvalue weighted by molar-refractivity contribution is 7.21. The second-order valence-electron chi connectivity index (χ2n) is 5.69. The fraction of sp³-hybridized carbons (Fsp3) is 0.188. The molecule has 0 saturated heterocycles. The predicted octanol–water partition coefficient (Wildman–Crippen LogP) is 4.02. The van der Waals surface area contributed by atoms with Gasteiger partial charge in [-0.05, 0) is 36.2 Å². The maximum absolute atomic E-state index is 14.2. The average Bonchev–Trinajstić information content (AvgIpc) is 2.89. The summed E-state index contributed by atoms with van der Waals surface area (Å²) >= 11 is 0. The van der Waals surface area contributed by atoms with Gasteiger partial charge in [0.15, 0.2) is 19.1 Å². The molecule has 3 nitrogen and oxygen atoms in total. The van der Waals surface area contributed by atoms with Gasteiger partial charge in [0.2, 0.25) is 5.50 Å². The maximum atomic E-state index is 14.2. The number of fused-ring (bicyclic) bond motifs is 1. The van der Waals surface area contributed by atoms with E-state index in [-0.39, 0.29) is 0 Å². The highest BCUT2D eigenvalue weighted by atomic mass is 31.0. The van der Waals surface area contributed by atoms with Gasteiger partial charge in [-0.25, -0.2) is 13.8 Å². The Morgan fingerprint density at radius 3 is 2.29 bits per heavy atom. The second kappa shape index (κ2) is 6.09. The fourth-order valence-electron chi connectivity index (χ4n) is 2.42. The number of nitrogens with zero attached hydrogens (tertiary/aromatic N) is 2. The SMILES string of the molecule is [B]C(F)(P)Oc1ccc(-c2ccc3cnc(C(C)(F)P)n3c2)cc1. The van der Waals surface area contributed by atoms with Gasteiger partial charge in [-0.1, -0.05) is 36.7 Å². The Balaban J connectivity index is 1.97. The van der Waals surface area contributed by atoms with Crippen molar-refractivity contribution >= 4 is 31.8 Å². The smallest absolute Gasteiger partial charge is 0.208 e. The van der Waals surface area contributed by atoms with Crippen molar-refractivity contribution in [3.63, 3.8) is 0 Å². The summed E-state index contributed by atoms with van der Waals surface area (Å²) in [6.07, 6.45) is 3.44. The van der Waals surface area contributed by atoms with Crippen LogP contribution in [0.15, 0.2) is 48.8 Å². The van der Waals surface area contributed by atoms with Gasteiger partial charge in [-0.2, -0.15) is 0 Å². The molecule has 0 aliphatic heterocycles. The van der Waals surface area contributed by atoms with Crippen molar-refractivity contribution in [3.05, 3.63) is 54.6 Å². The van der Waals surface area contributed by atoms with E-state index in [2.05, 4.69) is 14.2 Å². The Morgan fingerprint density at radius 1 is 1.08 bits per heavy atom. The van der Waals surface area contributed by atoms with Crippen molar-refractivity contribution in [1.29, 1.82) is 0 Å². The van der Waals surface area contributed by atoms with E-state index in [1.165, 1.54) is 6.92 Å². The molecule has 0 amide bonds. The van der Waals surface area contributed by atoms with Gasteiger partial charge >= 0.3 is 0 Å². The predicted molar refractivity (Wildman–Crippen MR) is 98.7 cm³/mol. The first-order valence-corrected chi connectivity index (χ1v) is 8.30. The normalized spacial score (nSPS) is 16.5. The highest BCUT2D eigenvalue weighted by Crippen LogP contribution is 2.33. The molecule has 0 fully saturated rings. The molecule has 1 aromatic carbocycles. The van der Waals surface area contributed by atoms with Crippen LogP contribution in [0.25, 0.3) is 16.6 Å². The number of ether oxygens (including phenoxy) is 1. The number of hydrogen-bond acceptors (Lipinski definition) is 2. The largest absolute Gasteiger partial charge is 0.465 e. The van der Waals surface area contributed by atoms with E-state index in [1.807, 2.05) is 18.3 Å². The Morgan fingerprint density at radius 2 is 1.71 bits per heavy atom. The number of aromatic nitrogens is 2. The monoisotopic (exact) mass is 362 g/mol. The molecule has 0 aliphatic rings. The molecule has 0 bridgehead atoms. The summed E-state index contributed by atoms with van der Waals surface area (Å²) in [4.78, 5) is 4.15. The summed E-state index contributed by atoms with van der Waals surface area (Å²) in [5.74, 6) is 0.613. The van der Waals surface area contributed by atoms with Crippen molar-refractivity contribution in [2.24, 2.45) is 0 Å². The van der Waals surface area contributed by atoms with Crippen LogP contribution in [0.3, 0.4) is 0 Å². The third kappa shape index (κ3) is 3.76. The Bertz CT molecular complexity index is 870. The lowest BCUT2D eigenvalue weighted by Crippen LogP contribution is -2.21. The zero-order chi connectivity index (χ0) is 17.5. The van der Waals surface area contributed by atoms with Gasteiger partial charge in [0.05, 0.1) is 11.7 Å². The summed E-state index contributed by atoms with van der Waals surface area (Å²) in [5, 5.41) is -1.63. The van der Waals surface area contributed by atoms with E-state index < -0.39 is 10.9 Å². The number of hydrogen-bond donors (Lipinski definition) is 0. The second-order valence-corrected chi connectivity index (χ2v) is 7.57. The Kier molecular flexibility index (Phi) is 4.40. The molecule has 122 valence electrons. The molecular formula is C16H15BF2N2OP2. The zero-order valence-electron chi connectivity index (χ0n) is 12.9. The highest BCUT2D eigenvalue weighted by Gasteiger charge is 2.24. The first kappa shape index (κ1) is 17.3. The molecule has 0 aliphatic carbocycles. The lowest BCUT2D eigenvalue weighted by molar-refractivity contribution is 0.110. The fourth-order valence-corrected chi connectivity index (χ4v) is 2.77. The summed E-state index contributed by atoms with van der Waals surface area (Å²) in [7, 11) is 9.07. The number of pyridine rings is 1. The van der Waals surface area contributed by atoms with Crippen LogP contribution in [0.5, 0.6) is 5.75 Å². The van der Waals surface area contributed by atoms with Crippen LogP contribution in [0, 0.1) is 0 Å². The number of halogens is 2. The standard InChI is InChI=1S/C16H15BF2N2OP2/c1-15(18,23)14-20-8-12-5-2-11(9-21(12)14)10-3-6-13(7-4-10)22-16(17,19)24/h2-9H,23-24H2,1H3. The maximum Gasteiger partial charge on any atom is 0.208 e. The lowest BCUT2D eigenvalue weighted by Gasteiger charge is -2.18. The third-order valence-corrected chi connectivity index (χ3v) is 3.80. The molecule has 3 rings (SSSR count). The number of benzene rings is 1. The molecule has 0 spiro atoms. The minimum atomic E-state index is -2.31. The van der Waals surface area contributed by atoms with Crippen molar-refractivity contribution in [1.82, 2.24) is 9.38 Å². The lowest BCUT2D eigenvalue weighted by atomic mass is 10.1. The molecule has 2 heterocycles. The number of imidazole rings is 1. The quantitative estimate of drug-likeness (QED) is 0.518. The first-order chi connectivity index (χ1) is 11.1. The van der Waals surface area contributed by atoms with Crippen molar-refractivity contribution in [3.8, 4) is 16.9 Å². The number of alkyl halides is 2. The Labute approximate surface area is 144 Å². The topological polar surface area (TPSA) is 26.5 Å². The summed E-state index contributed by atoms with van der Waals surface area (Å²) in [5.41, 5.74) is 0.232. The summed E-state index contributed by atoms with van der Waals surface area (Å²) in [6, 6.07) is 10.6. The molecular weight excluding hydrogens is 347 g/mol. The molecule has 2 aromatic heterocycles. The van der Waals surface area contributed by atoms with Gasteiger partial charge in [-0.15, -0.1) is 0 Å². The van der Waals surface area contributed by atoms with Crippen LogP contribution < -0.4 is 4.74 Å². The molecule has 4 atom stereocenters. The van der Waals surface area contributed by atoms with Crippen LogP contribution in [-0.2, 0) is 5.41 Å². The van der Waals surface area contributed by atoms with Gasteiger partial charge in [0.25, 0.3) is 0 Å². The molecule has 3 aromatic rings. The van der Waals surface area contributed by atoms with E-state index in [0.717, 1.165) is 16.6 Å². The van der Waals surface area contributed by atoms with E-state index in [1.54, 1.807) is 44.1 Å². The molecule has 24 heavy (non-hydrogen) atoms. The van der Waals surface area contributed by atoms with Crippen LogP contribution in [0.2, 0.25) is 0 Å². The van der Waals surface area contributed by atoms with Gasteiger partial charge in [-0.3, -0.25) is 0 Å². The minimum Gasteiger partial charge on any atom is -0.465 e. The van der Waals surface area contributed by atoms with Crippen LogP contribution in [0.4, 0.5) is 8.78 Å². The van der Waals surface area contributed by atoms with E-state index in [9.17, 15) is 8.78 Å². The summed E-state index contributed by atoms with van der Waals surface area (Å²) in [6.45, 7) is 1.43. The Hall–Kier alpha value is -1.51. The van der Waals surface area contributed by atoms with E-state index in [0.29, 0.717) is 11.6 Å². The van der Waals surface area contributed by atoms with E-state index in [4.69, 9.17) is 12.6 Å². The van der Waals surface area contributed by atoms with E-state index >= 15 is 0 Å². The minimum absolute atomic E-state index is 0.303. The molecule has 4 unspecified atom stereocenters. The average molecular weight is 362 g/mol.